The van der Waals surface area contributed by atoms with Crippen LogP contribution >= 0.6 is 11.8 Å². The predicted molar refractivity (Wildman–Crippen MR) is 133 cm³/mol. The lowest BCUT2D eigenvalue weighted by atomic mass is 10.1. The van der Waals surface area contributed by atoms with E-state index in [0.29, 0.717) is 47.2 Å². The van der Waals surface area contributed by atoms with Crippen molar-refractivity contribution in [3.05, 3.63) is 76.5 Å². The number of nitrogens with two attached hydrogens (primary N) is 1. The molecule has 1 fully saturated rings. The minimum absolute atomic E-state index is 0.334. The molecule has 35 heavy (non-hydrogen) atoms. The van der Waals surface area contributed by atoms with Gasteiger partial charge in [0.05, 0.1) is 18.3 Å². The Hall–Kier alpha value is -3.86. The number of anilines is 1. The van der Waals surface area contributed by atoms with Crippen molar-refractivity contribution in [1.29, 1.82) is 5.26 Å². The number of aromatic nitrogens is 2. The molecule has 0 radical (unpaired) electrons. The maximum Gasteiger partial charge on any atom is 0.235 e. The molecule has 3 aromatic rings. The van der Waals surface area contributed by atoms with E-state index in [1.165, 1.54) is 11.8 Å². The van der Waals surface area contributed by atoms with E-state index in [1.54, 1.807) is 12.5 Å². The Labute approximate surface area is 208 Å². The third kappa shape index (κ3) is 5.29. The number of pyridine rings is 1. The van der Waals surface area contributed by atoms with E-state index in [0.717, 1.165) is 30.8 Å². The van der Waals surface area contributed by atoms with Gasteiger partial charge in [0, 0.05) is 38.3 Å². The van der Waals surface area contributed by atoms with Crippen molar-refractivity contribution >= 4 is 29.2 Å². The number of nitriles is 1. The van der Waals surface area contributed by atoms with E-state index >= 15 is 0 Å². The second kappa shape index (κ2) is 11.0. The largest absolute Gasteiger partial charge is 0.368 e. The molecule has 0 saturated carbocycles. The molecule has 3 heterocycles. The lowest BCUT2D eigenvalue weighted by Gasteiger charge is -2.36. The fraction of sp³-hybridized carbons (Fsp3) is 0.320. The first-order valence-electron chi connectivity index (χ1n) is 11.3. The number of carbonyl (C=O) groups excluding carboxylic acids is 1. The quantitative estimate of drug-likeness (QED) is 0.378. The fourth-order valence-corrected chi connectivity index (χ4v) is 5.24. The summed E-state index contributed by atoms with van der Waals surface area (Å²) in [6, 6.07) is 11.4. The Kier molecular flexibility index (Phi) is 7.66. The van der Waals surface area contributed by atoms with Crippen LogP contribution in [0, 0.1) is 17.9 Å². The Balaban J connectivity index is 1.66. The number of rotatable bonds is 8. The molecule has 9 nitrogen and oxygen atoms in total. The van der Waals surface area contributed by atoms with Crippen LogP contribution in [0.2, 0.25) is 0 Å². The van der Waals surface area contributed by atoms with Gasteiger partial charge in [-0.05, 0) is 17.5 Å². The van der Waals surface area contributed by atoms with Gasteiger partial charge < -0.3 is 15.2 Å². The van der Waals surface area contributed by atoms with Gasteiger partial charge in [-0.25, -0.2) is 9.83 Å². The van der Waals surface area contributed by atoms with Crippen LogP contribution in [-0.4, -0.2) is 47.1 Å². The van der Waals surface area contributed by atoms with Gasteiger partial charge in [0.25, 0.3) is 0 Å². The summed E-state index contributed by atoms with van der Waals surface area (Å²) in [5.74, 6) is 0.0438. The Morgan fingerprint density at radius 1 is 1.31 bits per heavy atom. The van der Waals surface area contributed by atoms with Gasteiger partial charge in [-0.1, -0.05) is 54.2 Å². The molecule has 0 spiro atoms. The first-order valence-corrected chi connectivity index (χ1v) is 12.1. The molecule has 10 heteroatoms. The summed E-state index contributed by atoms with van der Waals surface area (Å²) < 4.78 is 4.93. The summed E-state index contributed by atoms with van der Waals surface area (Å²) in [6.07, 6.45) is 3.86. The monoisotopic (exact) mass is 487 g/mol. The first-order chi connectivity index (χ1) is 17.0. The molecule has 0 bridgehead atoms. The van der Waals surface area contributed by atoms with Gasteiger partial charge in [-0.3, -0.25) is 9.69 Å². The molecule has 4 rings (SSSR count). The average molecular weight is 488 g/mol. The highest BCUT2D eigenvalue weighted by atomic mass is 32.2. The van der Waals surface area contributed by atoms with Gasteiger partial charge in [-0.2, -0.15) is 5.26 Å². The van der Waals surface area contributed by atoms with Crippen molar-refractivity contribution in [1.82, 2.24) is 15.0 Å². The van der Waals surface area contributed by atoms with Crippen LogP contribution in [0.3, 0.4) is 0 Å². The smallest absolute Gasteiger partial charge is 0.235 e. The standard InChI is InChI=1S/C25H25N7O2S/c1-3-19-20(13-26)25(35-22(23(27)33)18-7-5-4-6-8-18)30-24(21(19)28-2)32-11-9-31(10-12-32)15-17-14-29-34-16-17/h4-8,14,16,22H,3,9-12,15H2,1H3,(H2,27,33). The summed E-state index contributed by atoms with van der Waals surface area (Å²) in [4.78, 5) is 25.3. The minimum atomic E-state index is -0.701. The van der Waals surface area contributed by atoms with Gasteiger partial charge in [0.2, 0.25) is 11.6 Å². The minimum Gasteiger partial charge on any atom is -0.368 e. The first kappa shape index (κ1) is 24.3. The molecule has 1 aliphatic heterocycles. The molecule has 0 aliphatic carbocycles. The van der Waals surface area contributed by atoms with Gasteiger partial charge >= 0.3 is 0 Å². The molecule has 1 unspecified atom stereocenters. The van der Waals surface area contributed by atoms with E-state index in [4.69, 9.17) is 21.8 Å². The van der Waals surface area contributed by atoms with E-state index in [9.17, 15) is 10.1 Å². The summed E-state index contributed by atoms with van der Waals surface area (Å²) in [5.41, 5.74) is 8.88. The number of amides is 1. The molecule has 2 aromatic heterocycles. The highest BCUT2D eigenvalue weighted by Gasteiger charge is 2.28. The summed E-state index contributed by atoms with van der Waals surface area (Å²) in [7, 11) is 0. The molecule has 178 valence electrons. The van der Waals surface area contributed by atoms with Crippen LogP contribution in [0.4, 0.5) is 11.5 Å². The molecule has 1 saturated heterocycles. The zero-order chi connectivity index (χ0) is 24.8. The van der Waals surface area contributed by atoms with Gasteiger partial charge in [0.15, 0.2) is 0 Å². The molecule has 1 aliphatic rings. The van der Waals surface area contributed by atoms with Crippen LogP contribution in [0.1, 0.15) is 34.4 Å². The van der Waals surface area contributed by atoms with Crippen LogP contribution in [0.15, 0.2) is 52.3 Å². The number of primary amides is 1. The third-order valence-corrected chi connectivity index (χ3v) is 7.21. The van der Waals surface area contributed by atoms with E-state index in [1.807, 2.05) is 37.3 Å². The van der Waals surface area contributed by atoms with E-state index in [2.05, 4.69) is 25.9 Å². The molecule has 2 N–H and O–H groups in total. The normalized spacial score (nSPS) is 14.8. The number of piperazine rings is 1. The summed E-state index contributed by atoms with van der Waals surface area (Å²) in [6.45, 7) is 13.4. The molecule has 1 atom stereocenters. The van der Waals surface area contributed by atoms with Crippen LogP contribution < -0.4 is 10.6 Å². The third-order valence-electron chi connectivity index (χ3n) is 5.95. The number of nitrogens with zero attached hydrogens (tertiary/aromatic N) is 6. The Bertz CT molecular complexity index is 1260. The second-order valence-corrected chi connectivity index (χ2v) is 9.22. The summed E-state index contributed by atoms with van der Waals surface area (Å²) >= 11 is 1.17. The molecule has 1 amide bonds. The fourth-order valence-electron chi connectivity index (χ4n) is 4.18. The van der Waals surface area contributed by atoms with Crippen molar-refractivity contribution in [3.63, 3.8) is 0 Å². The van der Waals surface area contributed by atoms with Crippen LogP contribution in [-0.2, 0) is 17.8 Å². The predicted octanol–water partition coefficient (Wildman–Crippen LogP) is 3.70. The number of hydrogen-bond acceptors (Lipinski definition) is 8. The van der Waals surface area contributed by atoms with Crippen molar-refractivity contribution in [2.45, 2.75) is 30.2 Å². The Morgan fingerprint density at radius 3 is 2.63 bits per heavy atom. The number of carbonyl (C=O) groups is 1. The van der Waals surface area contributed by atoms with Crippen molar-refractivity contribution in [3.8, 4) is 6.07 Å². The molecular formula is C25H25N7O2S. The van der Waals surface area contributed by atoms with Crippen molar-refractivity contribution < 1.29 is 9.32 Å². The second-order valence-electron chi connectivity index (χ2n) is 8.13. The van der Waals surface area contributed by atoms with Crippen LogP contribution in [0.25, 0.3) is 4.85 Å². The van der Waals surface area contributed by atoms with E-state index < -0.39 is 11.2 Å². The lowest BCUT2D eigenvalue weighted by molar-refractivity contribution is -0.117. The Morgan fingerprint density at radius 2 is 2.06 bits per heavy atom. The topological polar surface area (TPSA) is 117 Å². The van der Waals surface area contributed by atoms with Gasteiger partial charge in [0.1, 0.15) is 28.4 Å². The average Bonchev–Trinajstić information content (AvgIpc) is 3.40. The number of hydrogen-bond donors (Lipinski definition) is 1. The summed E-state index contributed by atoms with van der Waals surface area (Å²) in [5, 5.41) is 13.5. The number of benzene rings is 1. The van der Waals surface area contributed by atoms with Crippen LogP contribution in [0.5, 0.6) is 0 Å². The highest BCUT2D eigenvalue weighted by Crippen LogP contribution is 2.42. The SMILES string of the molecule is [C-]#[N+]c1c(N2CCN(Cc3cnoc3)CC2)nc(SC(C(N)=O)c2ccccc2)c(C#N)c1CC. The maximum absolute atomic E-state index is 12.3. The molecular weight excluding hydrogens is 462 g/mol. The zero-order valence-corrected chi connectivity index (χ0v) is 20.2. The van der Waals surface area contributed by atoms with E-state index in [-0.39, 0.29) is 0 Å². The molecule has 1 aromatic carbocycles. The van der Waals surface area contributed by atoms with Crippen molar-refractivity contribution in [2.24, 2.45) is 5.73 Å². The number of thioether (sulfide) groups is 1. The highest BCUT2D eigenvalue weighted by molar-refractivity contribution is 8.00. The van der Waals surface area contributed by atoms with Gasteiger partial charge in [-0.15, -0.1) is 0 Å². The van der Waals surface area contributed by atoms with Crippen molar-refractivity contribution in [2.75, 3.05) is 31.1 Å². The lowest BCUT2D eigenvalue weighted by Crippen LogP contribution is -2.46. The maximum atomic E-state index is 12.3. The zero-order valence-electron chi connectivity index (χ0n) is 19.3.